The van der Waals surface area contributed by atoms with Crippen LogP contribution in [-0.4, -0.2) is 11.2 Å². The average molecular weight is 545 g/mol. The van der Waals surface area contributed by atoms with E-state index in [-0.39, 0.29) is 17.4 Å². The van der Waals surface area contributed by atoms with Gasteiger partial charge in [0.15, 0.2) is 0 Å². The molecule has 0 spiro atoms. The number of fused-ring (bicyclic) bond motifs is 5. The van der Waals surface area contributed by atoms with Gasteiger partial charge in [-0.05, 0) is 89.3 Å². The van der Waals surface area contributed by atoms with Crippen LogP contribution in [0.2, 0.25) is 0 Å². The molecular weight excluding hydrogens is 504 g/mol. The Labute approximate surface area is 244 Å². The third-order valence-corrected chi connectivity index (χ3v) is 10.4. The third-order valence-electron chi connectivity index (χ3n) is 10.4. The molecule has 0 bridgehead atoms. The molecule has 2 fully saturated rings. The molecule has 4 aromatic carbocycles. The van der Waals surface area contributed by atoms with Crippen LogP contribution in [0.5, 0.6) is 5.75 Å². The molecule has 0 unspecified atom stereocenters. The average Bonchev–Trinajstić information content (AvgIpc) is 3.35. The normalized spacial score (nSPS) is 30.2. The van der Waals surface area contributed by atoms with Gasteiger partial charge in [0.05, 0.1) is 18.3 Å². The van der Waals surface area contributed by atoms with Crippen LogP contribution in [0.25, 0.3) is 0 Å². The summed E-state index contributed by atoms with van der Waals surface area (Å²) in [6.45, 7) is 3.59. The highest BCUT2D eigenvalue weighted by Gasteiger charge is 2.63. The lowest BCUT2D eigenvalue weighted by atomic mass is 9.49. The molecular formula is C38H40O3. The van der Waals surface area contributed by atoms with Crippen molar-refractivity contribution in [3.63, 3.8) is 0 Å². The molecule has 4 aromatic rings. The molecule has 0 heterocycles. The minimum Gasteiger partial charge on any atom is -0.489 e. The minimum absolute atomic E-state index is 0.0581. The van der Waals surface area contributed by atoms with Gasteiger partial charge < -0.3 is 14.6 Å². The van der Waals surface area contributed by atoms with Crippen LogP contribution in [-0.2, 0) is 30.0 Å². The molecule has 210 valence electrons. The summed E-state index contributed by atoms with van der Waals surface area (Å²) in [5, 5.41) is 12.9. The number of aliphatic hydroxyl groups is 1. The van der Waals surface area contributed by atoms with Crippen molar-refractivity contribution in [2.75, 3.05) is 0 Å². The van der Waals surface area contributed by atoms with E-state index in [1.807, 2.05) is 24.3 Å². The van der Waals surface area contributed by atoms with E-state index in [1.54, 1.807) is 0 Å². The van der Waals surface area contributed by atoms with E-state index in [4.69, 9.17) is 9.47 Å². The van der Waals surface area contributed by atoms with Crippen LogP contribution in [0.4, 0.5) is 0 Å². The molecule has 3 heteroatoms. The molecule has 41 heavy (non-hydrogen) atoms. The highest BCUT2D eigenvalue weighted by atomic mass is 16.5. The summed E-state index contributed by atoms with van der Waals surface area (Å²) in [6, 6.07) is 37.8. The van der Waals surface area contributed by atoms with Gasteiger partial charge in [0, 0.05) is 5.92 Å². The van der Waals surface area contributed by atoms with E-state index in [9.17, 15) is 5.11 Å². The van der Waals surface area contributed by atoms with Crippen LogP contribution in [0.3, 0.4) is 0 Å². The lowest BCUT2D eigenvalue weighted by Crippen LogP contribution is -2.55. The summed E-state index contributed by atoms with van der Waals surface area (Å²) in [6.07, 6.45) is 5.17. The Balaban J connectivity index is 1.21. The molecule has 2 saturated carbocycles. The predicted molar refractivity (Wildman–Crippen MR) is 163 cm³/mol. The zero-order chi connectivity index (χ0) is 27.9. The second kappa shape index (κ2) is 10.8. The lowest BCUT2D eigenvalue weighted by molar-refractivity contribution is -0.157. The topological polar surface area (TPSA) is 38.7 Å². The van der Waals surface area contributed by atoms with Crippen molar-refractivity contribution in [2.45, 2.75) is 69.9 Å². The fourth-order valence-electron chi connectivity index (χ4n) is 8.62. The monoisotopic (exact) mass is 544 g/mol. The van der Waals surface area contributed by atoms with Gasteiger partial charge in [-0.3, -0.25) is 0 Å². The molecule has 0 radical (unpaired) electrons. The lowest BCUT2D eigenvalue weighted by Gasteiger charge is -2.58. The van der Waals surface area contributed by atoms with E-state index < -0.39 is 5.60 Å². The maximum atomic E-state index is 12.9. The summed E-state index contributed by atoms with van der Waals surface area (Å²) in [5.41, 5.74) is 4.98. The van der Waals surface area contributed by atoms with Crippen LogP contribution in [0.15, 0.2) is 109 Å². The first-order chi connectivity index (χ1) is 20.0. The Morgan fingerprint density at radius 2 is 1.41 bits per heavy atom. The summed E-state index contributed by atoms with van der Waals surface area (Å²) >= 11 is 0. The number of aryl methyl sites for hydroxylation is 1. The van der Waals surface area contributed by atoms with Crippen LogP contribution in [0.1, 0.15) is 66.3 Å². The Morgan fingerprint density at radius 3 is 2.12 bits per heavy atom. The fraction of sp³-hybridized carbons (Fsp3) is 0.368. The van der Waals surface area contributed by atoms with Gasteiger partial charge in [-0.1, -0.05) is 104 Å². The molecule has 3 aliphatic carbocycles. The summed E-state index contributed by atoms with van der Waals surface area (Å²) in [4.78, 5) is 0. The van der Waals surface area contributed by atoms with Gasteiger partial charge in [0.1, 0.15) is 12.4 Å². The molecule has 3 nitrogen and oxygen atoms in total. The highest BCUT2D eigenvalue weighted by Crippen LogP contribution is 2.67. The van der Waals surface area contributed by atoms with Crippen molar-refractivity contribution in [2.24, 2.45) is 17.3 Å². The van der Waals surface area contributed by atoms with Gasteiger partial charge in [-0.15, -0.1) is 0 Å². The first-order valence-electron chi connectivity index (χ1n) is 15.3. The van der Waals surface area contributed by atoms with Crippen molar-refractivity contribution < 1.29 is 14.6 Å². The zero-order valence-corrected chi connectivity index (χ0v) is 23.9. The first-order valence-corrected chi connectivity index (χ1v) is 15.3. The molecule has 0 amide bonds. The molecule has 1 N–H and O–H groups in total. The fourth-order valence-corrected chi connectivity index (χ4v) is 8.62. The van der Waals surface area contributed by atoms with Crippen molar-refractivity contribution in [3.8, 4) is 5.75 Å². The number of benzene rings is 4. The predicted octanol–water partition coefficient (Wildman–Crippen LogP) is 8.20. The van der Waals surface area contributed by atoms with Crippen molar-refractivity contribution in [1.82, 2.24) is 0 Å². The third kappa shape index (κ3) is 4.79. The molecule has 0 aliphatic heterocycles. The largest absolute Gasteiger partial charge is 0.489 e. The van der Waals surface area contributed by atoms with E-state index in [1.165, 1.54) is 22.3 Å². The maximum Gasteiger partial charge on any atom is 0.120 e. The van der Waals surface area contributed by atoms with Gasteiger partial charge in [0.2, 0.25) is 0 Å². The van der Waals surface area contributed by atoms with Gasteiger partial charge >= 0.3 is 0 Å². The number of hydrogen-bond acceptors (Lipinski definition) is 3. The van der Waals surface area contributed by atoms with Crippen molar-refractivity contribution in [1.29, 1.82) is 0 Å². The van der Waals surface area contributed by atoms with Gasteiger partial charge in [0.25, 0.3) is 0 Å². The van der Waals surface area contributed by atoms with Gasteiger partial charge in [-0.2, -0.15) is 0 Å². The number of hydrogen-bond donors (Lipinski definition) is 1. The Kier molecular flexibility index (Phi) is 6.97. The number of ether oxygens (including phenoxy) is 2. The van der Waals surface area contributed by atoms with E-state index >= 15 is 0 Å². The maximum absolute atomic E-state index is 12.9. The second-order valence-electron chi connectivity index (χ2n) is 12.8. The Bertz CT molecular complexity index is 1470. The van der Waals surface area contributed by atoms with E-state index in [2.05, 4.69) is 91.9 Å². The molecule has 0 aromatic heterocycles. The first kappa shape index (κ1) is 26.5. The SMILES string of the molecule is C[C@]12C[C@@](O)(c3ccccc3)[C@@H]3c4ccc(OCc5ccccc5)cc4CC[C@H]3[C@@H]1CC[C@@H]2OCc1ccccc1. The molecule has 6 atom stereocenters. The second-order valence-corrected chi connectivity index (χ2v) is 12.8. The van der Waals surface area contributed by atoms with Crippen molar-refractivity contribution >= 4 is 0 Å². The smallest absolute Gasteiger partial charge is 0.120 e. The quantitative estimate of drug-likeness (QED) is 0.255. The molecule has 3 aliphatic rings. The highest BCUT2D eigenvalue weighted by molar-refractivity contribution is 5.45. The minimum atomic E-state index is -0.961. The van der Waals surface area contributed by atoms with E-state index in [0.29, 0.717) is 31.5 Å². The zero-order valence-electron chi connectivity index (χ0n) is 23.9. The van der Waals surface area contributed by atoms with E-state index in [0.717, 1.165) is 37.0 Å². The summed E-state index contributed by atoms with van der Waals surface area (Å²) < 4.78 is 12.9. The Morgan fingerprint density at radius 1 is 0.756 bits per heavy atom. The standard InChI is InChI=1S/C38H40O3/c1-37-26-38(39,30-15-9-4-10-16-30)36-32-20-18-31(40-24-27-11-5-2-6-12-27)23-29(32)17-19-33(36)34(37)21-22-35(37)41-25-28-13-7-3-8-14-28/h2-16,18,20,23,33-36,39H,17,19,21-22,24-26H2,1H3/t33-,34-,35-,36+,37-,38+/m0/s1. The molecule has 0 saturated heterocycles. The summed E-state index contributed by atoms with van der Waals surface area (Å²) in [5.74, 6) is 1.90. The molecule has 7 rings (SSSR count). The summed E-state index contributed by atoms with van der Waals surface area (Å²) in [7, 11) is 0. The van der Waals surface area contributed by atoms with Crippen LogP contribution < -0.4 is 4.74 Å². The van der Waals surface area contributed by atoms with Crippen molar-refractivity contribution in [3.05, 3.63) is 137 Å². The van der Waals surface area contributed by atoms with Crippen LogP contribution >= 0.6 is 0 Å². The van der Waals surface area contributed by atoms with Crippen LogP contribution in [0, 0.1) is 17.3 Å². The Hall–Kier alpha value is -3.40. The van der Waals surface area contributed by atoms with Gasteiger partial charge in [-0.25, -0.2) is 0 Å². The number of rotatable bonds is 7.